The Morgan fingerprint density at radius 2 is 2.35 bits per heavy atom. The Hall–Kier alpha value is -2.37. The molecular formula is C17H19FN4O. The maximum atomic E-state index is 13.7. The molecule has 2 aromatic rings. The largest absolute Gasteiger partial charge is 0.369 e. The molecule has 1 aliphatic carbocycles. The number of carbonyl (C=O) groups excluding carboxylic acids is 1. The van der Waals surface area contributed by atoms with Gasteiger partial charge in [-0.3, -0.25) is 4.79 Å². The average Bonchev–Trinajstić information content (AvgIpc) is 3.19. The zero-order valence-corrected chi connectivity index (χ0v) is 12.8. The number of hydrogen-bond acceptors (Lipinski definition) is 3. The zero-order valence-electron chi connectivity index (χ0n) is 12.8. The smallest absolute Gasteiger partial charge is 0.227 e. The Kier molecular flexibility index (Phi) is 3.52. The summed E-state index contributed by atoms with van der Waals surface area (Å²) in [6, 6.07) is 5.07. The van der Waals surface area contributed by atoms with Crippen molar-refractivity contribution in [1.82, 2.24) is 15.1 Å². The Morgan fingerprint density at radius 3 is 3.26 bits per heavy atom. The molecule has 0 saturated heterocycles. The SMILES string of the molecule is O=C(NCc1cc(F)cc2c1CCC2)C1CNc2ccnn2C1. The number of fused-ring (bicyclic) bond motifs is 2. The maximum absolute atomic E-state index is 13.7. The molecule has 0 saturated carbocycles. The molecule has 2 heterocycles. The lowest BCUT2D eigenvalue weighted by Gasteiger charge is -2.24. The second kappa shape index (κ2) is 5.68. The van der Waals surface area contributed by atoms with Crippen LogP contribution in [0.3, 0.4) is 0 Å². The van der Waals surface area contributed by atoms with Crippen LogP contribution in [0.4, 0.5) is 10.2 Å². The van der Waals surface area contributed by atoms with Gasteiger partial charge in [0, 0.05) is 19.2 Å². The van der Waals surface area contributed by atoms with Crippen molar-refractivity contribution in [1.29, 1.82) is 0 Å². The number of nitrogens with zero attached hydrogens (tertiary/aromatic N) is 2. The summed E-state index contributed by atoms with van der Waals surface area (Å²) in [5.41, 5.74) is 3.21. The first-order valence-corrected chi connectivity index (χ1v) is 8.04. The van der Waals surface area contributed by atoms with Crippen LogP contribution >= 0.6 is 0 Å². The lowest BCUT2D eigenvalue weighted by Crippen LogP contribution is -2.40. The number of benzene rings is 1. The molecule has 1 aromatic heterocycles. The summed E-state index contributed by atoms with van der Waals surface area (Å²) in [6.07, 6.45) is 4.69. The van der Waals surface area contributed by atoms with Crippen LogP contribution in [0.25, 0.3) is 0 Å². The van der Waals surface area contributed by atoms with Crippen molar-refractivity contribution in [3.8, 4) is 0 Å². The predicted molar refractivity (Wildman–Crippen MR) is 84.5 cm³/mol. The van der Waals surface area contributed by atoms with Crippen molar-refractivity contribution in [2.75, 3.05) is 11.9 Å². The summed E-state index contributed by atoms with van der Waals surface area (Å²) < 4.78 is 15.5. The predicted octanol–water partition coefficient (Wildman–Crippen LogP) is 1.87. The van der Waals surface area contributed by atoms with E-state index in [-0.39, 0.29) is 17.6 Å². The number of anilines is 1. The highest BCUT2D eigenvalue weighted by Crippen LogP contribution is 2.26. The normalized spacial score (nSPS) is 18.9. The number of hydrogen-bond donors (Lipinski definition) is 2. The highest BCUT2D eigenvalue weighted by Gasteiger charge is 2.25. The molecule has 0 spiro atoms. The Balaban J connectivity index is 1.43. The van der Waals surface area contributed by atoms with Gasteiger partial charge in [0.25, 0.3) is 0 Å². The van der Waals surface area contributed by atoms with Crippen LogP contribution in [0.15, 0.2) is 24.4 Å². The van der Waals surface area contributed by atoms with E-state index in [2.05, 4.69) is 15.7 Å². The van der Waals surface area contributed by atoms with Crippen molar-refractivity contribution in [3.63, 3.8) is 0 Å². The highest BCUT2D eigenvalue weighted by molar-refractivity contribution is 5.79. The number of aromatic nitrogens is 2. The van der Waals surface area contributed by atoms with Gasteiger partial charge in [0.2, 0.25) is 5.91 Å². The molecule has 0 bridgehead atoms. The van der Waals surface area contributed by atoms with E-state index in [9.17, 15) is 9.18 Å². The molecule has 1 aliphatic heterocycles. The van der Waals surface area contributed by atoms with Crippen LogP contribution in [-0.4, -0.2) is 22.2 Å². The topological polar surface area (TPSA) is 59.0 Å². The molecule has 120 valence electrons. The molecule has 0 fully saturated rings. The van der Waals surface area contributed by atoms with E-state index in [1.165, 1.54) is 5.56 Å². The number of halogens is 1. The second-order valence-corrected chi connectivity index (χ2v) is 6.25. The van der Waals surface area contributed by atoms with Gasteiger partial charge in [-0.1, -0.05) is 0 Å². The first-order valence-electron chi connectivity index (χ1n) is 8.04. The van der Waals surface area contributed by atoms with Crippen molar-refractivity contribution < 1.29 is 9.18 Å². The minimum Gasteiger partial charge on any atom is -0.369 e. The first-order chi connectivity index (χ1) is 11.2. The molecule has 2 aliphatic rings. The molecule has 1 aromatic carbocycles. The van der Waals surface area contributed by atoms with Crippen LogP contribution in [0.5, 0.6) is 0 Å². The number of nitrogens with one attached hydrogen (secondary N) is 2. The molecule has 1 atom stereocenters. The Labute approximate surface area is 133 Å². The molecule has 5 nitrogen and oxygen atoms in total. The Bertz CT molecular complexity index is 755. The minimum atomic E-state index is -0.213. The van der Waals surface area contributed by atoms with Gasteiger partial charge >= 0.3 is 0 Å². The van der Waals surface area contributed by atoms with Gasteiger partial charge in [-0.2, -0.15) is 5.10 Å². The fourth-order valence-corrected chi connectivity index (χ4v) is 3.54. The van der Waals surface area contributed by atoms with Crippen molar-refractivity contribution in [2.24, 2.45) is 5.92 Å². The lowest BCUT2D eigenvalue weighted by molar-refractivity contribution is -0.125. The van der Waals surface area contributed by atoms with Gasteiger partial charge in [0.15, 0.2) is 0 Å². The van der Waals surface area contributed by atoms with Gasteiger partial charge in [0.05, 0.1) is 18.7 Å². The highest BCUT2D eigenvalue weighted by atomic mass is 19.1. The quantitative estimate of drug-likeness (QED) is 0.909. The molecule has 0 radical (unpaired) electrons. The van der Waals surface area contributed by atoms with E-state index < -0.39 is 0 Å². The van der Waals surface area contributed by atoms with Crippen LogP contribution in [-0.2, 0) is 30.7 Å². The summed E-state index contributed by atoms with van der Waals surface area (Å²) >= 11 is 0. The maximum Gasteiger partial charge on any atom is 0.227 e. The van der Waals surface area contributed by atoms with Gasteiger partial charge < -0.3 is 10.6 Å². The second-order valence-electron chi connectivity index (χ2n) is 6.25. The van der Waals surface area contributed by atoms with Crippen LogP contribution in [0.1, 0.15) is 23.1 Å². The zero-order chi connectivity index (χ0) is 15.8. The number of amides is 1. The van der Waals surface area contributed by atoms with Gasteiger partial charge in [-0.05, 0) is 48.1 Å². The molecule has 6 heteroatoms. The monoisotopic (exact) mass is 314 g/mol. The van der Waals surface area contributed by atoms with E-state index in [1.54, 1.807) is 23.0 Å². The van der Waals surface area contributed by atoms with E-state index in [1.807, 2.05) is 6.07 Å². The molecule has 1 amide bonds. The van der Waals surface area contributed by atoms with Crippen LogP contribution in [0.2, 0.25) is 0 Å². The fraction of sp³-hybridized carbons (Fsp3) is 0.412. The summed E-state index contributed by atoms with van der Waals surface area (Å²) in [5.74, 6) is 0.547. The number of carbonyl (C=O) groups is 1. The van der Waals surface area contributed by atoms with Crippen molar-refractivity contribution in [2.45, 2.75) is 32.4 Å². The fourth-order valence-electron chi connectivity index (χ4n) is 3.54. The number of aryl methyl sites for hydroxylation is 1. The summed E-state index contributed by atoms with van der Waals surface area (Å²) in [7, 11) is 0. The van der Waals surface area contributed by atoms with E-state index in [4.69, 9.17) is 0 Å². The summed E-state index contributed by atoms with van der Waals surface area (Å²) in [4.78, 5) is 12.4. The first kappa shape index (κ1) is 14.2. The molecule has 23 heavy (non-hydrogen) atoms. The third-order valence-corrected chi connectivity index (χ3v) is 4.74. The van der Waals surface area contributed by atoms with Gasteiger partial charge in [0.1, 0.15) is 11.6 Å². The molecule has 2 N–H and O–H groups in total. The molecule has 1 unspecified atom stereocenters. The van der Waals surface area contributed by atoms with Gasteiger partial charge in [-0.25, -0.2) is 9.07 Å². The lowest BCUT2D eigenvalue weighted by atomic mass is 10.0. The molecular weight excluding hydrogens is 295 g/mol. The third kappa shape index (κ3) is 2.69. The summed E-state index contributed by atoms with van der Waals surface area (Å²) in [5, 5.41) is 10.4. The summed E-state index contributed by atoms with van der Waals surface area (Å²) in [6.45, 7) is 1.56. The average molecular weight is 314 g/mol. The van der Waals surface area contributed by atoms with Gasteiger partial charge in [-0.15, -0.1) is 0 Å². The van der Waals surface area contributed by atoms with E-state index >= 15 is 0 Å². The minimum absolute atomic E-state index is 0.0188. The standard InChI is InChI=1S/C17H19FN4O/c18-14-6-11-2-1-3-15(11)12(7-14)8-20-17(23)13-9-19-16-4-5-21-22(16)10-13/h4-7,13,19H,1-3,8-10H2,(H,20,23). The molecule has 4 rings (SSSR count). The van der Waals surface area contributed by atoms with Crippen LogP contribution < -0.4 is 10.6 Å². The Morgan fingerprint density at radius 1 is 1.43 bits per heavy atom. The van der Waals surface area contributed by atoms with E-state index in [0.717, 1.165) is 36.2 Å². The van der Waals surface area contributed by atoms with Crippen molar-refractivity contribution >= 4 is 11.7 Å². The number of rotatable bonds is 3. The van der Waals surface area contributed by atoms with Crippen molar-refractivity contribution in [3.05, 3.63) is 46.9 Å². The van der Waals surface area contributed by atoms with Crippen LogP contribution in [0, 0.1) is 11.7 Å². The van der Waals surface area contributed by atoms with E-state index in [0.29, 0.717) is 19.6 Å². The third-order valence-electron chi connectivity index (χ3n) is 4.74.